The minimum absolute atomic E-state index is 0.0581. The predicted octanol–water partition coefficient (Wildman–Crippen LogP) is 7.46. The number of Topliss-reactive ketones (excluding diaryl/α,β-unsaturated/α-hetero) is 1. The standard InChI is InChI=1S/C39H48F2N2O4S/c1-24(2)42-34(46)43(18-12-27-6-5-19-48-27)23-38(47)15-11-32-36(38,4)14-10-31-35(3)13-9-26(44)21-37(35)16-17-39(31,32)28(22-37)33(45)25-7-8-29(40)30(41)20-25/h5-8,16-17,19-20,22,24,26,31-32,44,47H,9-15,18,21,23H2,1-4H3,(H,42,46)/t26?,31-,32-,35-,36+,37+,38-,39-/m1/s1. The van der Waals surface area contributed by atoms with Gasteiger partial charge in [0, 0.05) is 44.8 Å². The molecule has 0 saturated heterocycles. The molecule has 1 aromatic heterocycles. The minimum Gasteiger partial charge on any atom is -0.393 e. The highest BCUT2D eigenvalue weighted by molar-refractivity contribution is 7.09. The van der Waals surface area contributed by atoms with E-state index in [0.717, 1.165) is 31.4 Å². The Morgan fingerprint density at radius 2 is 1.75 bits per heavy atom. The van der Waals surface area contributed by atoms with Gasteiger partial charge in [0.25, 0.3) is 0 Å². The molecule has 8 rings (SSSR count). The molecular weight excluding hydrogens is 631 g/mol. The Balaban J connectivity index is 1.30. The lowest BCUT2D eigenvalue weighted by Crippen LogP contribution is -2.67. The van der Waals surface area contributed by atoms with Gasteiger partial charge in [-0.3, -0.25) is 4.79 Å². The average Bonchev–Trinajstić information content (AvgIpc) is 3.65. The Hall–Kier alpha value is -2.88. The molecule has 2 amide bonds. The third kappa shape index (κ3) is 4.81. The zero-order valence-electron chi connectivity index (χ0n) is 28.4. The van der Waals surface area contributed by atoms with Gasteiger partial charge >= 0.3 is 6.03 Å². The molecule has 3 saturated carbocycles. The van der Waals surface area contributed by atoms with Crippen molar-refractivity contribution in [2.24, 2.45) is 33.5 Å². The highest BCUT2D eigenvalue weighted by Crippen LogP contribution is 2.78. The van der Waals surface area contributed by atoms with Crippen LogP contribution in [0, 0.1) is 45.1 Å². The number of thiophene rings is 1. The molecule has 1 unspecified atom stereocenters. The van der Waals surface area contributed by atoms with Crippen LogP contribution in [0.2, 0.25) is 0 Å². The number of carbonyl (C=O) groups is 2. The molecule has 2 spiro atoms. The topological polar surface area (TPSA) is 89.9 Å². The summed E-state index contributed by atoms with van der Waals surface area (Å²) in [7, 11) is 0. The van der Waals surface area contributed by atoms with Crippen LogP contribution in [0.3, 0.4) is 0 Å². The van der Waals surface area contributed by atoms with Crippen LogP contribution in [0.5, 0.6) is 0 Å². The number of aliphatic hydroxyl groups is 2. The van der Waals surface area contributed by atoms with Crippen molar-refractivity contribution in [3.8, 4) is 0 Å². The maximum atomic E-state index is 14.6. The molecule has 2 aromatic rings. The van der Waals surface area contributed by atoms with Crippen molar-refractivity contribution in [3.05, 3.63) is 81.6 Å². The highest BCUT2D eigenvalue weighted by Gasteiger charge is 2.74. The van der Waals surface area contributed by atoms with Crippen LogP contribution < -0.4 is 5.32 Å². The van der Waals surface area contributed by atoms with E-state index in [0.29, 0.717) is 44.2 Å². The second-order valence-corrected chi connectivity index (χ2v) is 17.2. The van der Waals surface area contributed by atoms with E-state index in [2.05, 4.69) is 43.5 Å². The molecule has 1 aromatic carbocycles. The minimum atomic E-state index is -1.21. The van der Waals surface area contributed by atoms with Gasteiger partial charge in [-0.2, -0.15) is 0 Å². The fourth-order valence-corrected chi connectivity index (χ4v) is 11.7. The molecular formula is C39H48F2N2O4S. The summed E-state index contributed by atoms with van der Waals surface area (Å²) < 4.78 is 28.6. The molecule has 1 heterocycles. The number of nitrogens with zero attached hydrogens (tertiary/aromatic N) is 1. The zero-order valence-corrected chi connectivity index (χ0v) is 29.2. The molecule has 0 radical (unpaired) electrons. The normalized spacial score (nSPS) is 37.9. The summed E-state index contributed by atoms with van der Waals surface area (Å²) in [6.07, 6.45) is 11.4. The smallest absolute Gasteiger partial charge is 0.317 e. The number of allylic oxidation sites excluding steroid dienone is 4. The van der Waals surface area contributed by atoms with Crippen molar-refractivity contribution in [2.45, 2.75) is 96.8 Å². The van der Waals surface area contributed by atoms with Crippen LogP contribution >= 0.6 is 11.3 Å². The van der Waals surface area contributed by atoms with Crippen molar-refractivity contribution < 1.29 is 28.6 Å². The molecule has 0 aliphatic heterocycles. The number of nitrogens with one attached hydrogen (secondary N) is 1. The monoisotopic (exact) mass is 678 g/mol. The number of rotatable bonds is 8. The van der Waals surface area contributed by atoms with Crippen LogP contribution in [0.25, 0.3) is 0 Å². The first-order chi connectivity index (χ1) is 22.7. The van der Waals surface area contributed by atoms with Crippen molar-refractivity contribution in [1.29, 1.82) is 0 Å². The molecule has 2 bridgehead atoms. The third-order valence-electron chi connectivity index (χ3n) is 13.5. The molecule has 258 valence electrons. The van der Waals surface area contributed by atoms with Crippen molar-refractivity contribution in [2.75, 3.05) is 13.1 Å². The Morgan fingerprint density at radius 1 is 1.02 bits per heavy atom. The number of hydrogen-bond acceptors (Lipinski definition) is 5. The molecule has 6 aliphatic carbocycles. The summed E-state index contributed by atoms with van der Waals surface area (Å²) in [4.78, 5) is 31.2. The van der Waals surface area contributed by atoms with Crippen LogP contribution in [-0.2, 0) is 6.42 Å². The fraction of sp³-hybridized carbons (Fsp3) is 0.590. The van der Waals surface area contributed by atoms with E-state index in [1.54, 1.807) is 16.2 Å². The van der Waals surface area contributed by atoms with Gasteiger partial charge in [-0.25, -0.2) is 13.6 Å². The Morgan fingerprint density at radius 3 is 2.46 bits per heavy atom. The van der Waals surface area contributed by atoms with Gasteiger partial charge < -0.3 is 20.4 Å². The summed E-state index contributed by atoms with van der Waals surface area (Å²) >= 11 is 1.65. The summed E-state index contributed by atoms with van der Waals surface area (Å²) in [6.45, 7) is 8.96. The van der Waals surface area contributed by atoms with E-state index in [1.165, 1.54) is 10.9 Å². The second-order valence-electron chi connectivity index (χ2n) is 16.1. The van der Waals surface area contributed by atoms with Gasteiger partial charge in [0.2, 0.25) is 0 Å². The first kappa shape index (κ1) is 33.6. The van der Waals surface area contributed by atoms with Gasteiger partial charge in [-0.05, 0) is 112 Å². The molecule has 6 aliphatic rings. The first-order valence-electron chi connectivity index (χ1n) is 17.6. The van der Waals surface area contributed by atoms with Crippen molar-refractivity contribution >= 4 is 23.2 Å². The van der Waals surface area contributed by atoms with Crippen LogP contribution in [0.4, 0.5) is 13.6 Å². The first-order valence-corrected chi connectivity index (χ1v) is 18.5. The molecule has 48 heavy (non-hydrogen) atoms. The largest absolute Gasteiger partial charge is 0.393 e. The maximum absolute atomic E-state index is 14.6. The van der Waals surface area contributed by atoms with Gasteiger partial charge in [-0.1, -0.05) is 38.1 Å². The van der Waals surface area contributed by atoms with Gasteiger partial charge in [0.1, 0.15) is 0 Å². The van der Waals surface area contributed by atoms with E-state index in [4.69, 9.17) is 0 Å². The summed E-state index contributed by atoms with van der Waals surface area (Å²) in [5, 5.41) is 28.8. The van der Waals surface area contributed by atoms with E-state index >= 15 is 0 Å². The lowest BCUT2D eigenvalue weighted by molar-refractivity contribution is -0.174. The number of urea groups is 1. The number of carbonyl (C=O) groups excluding carboxylic acids is 2. The molecule has 9 heteroatoms. The molecule has 6 nitrogen and oxygen atoms in total. The van der Waals surface area contributed by atoms with E-state index in [9.17, 15) is 28.6 Å². The Labute approximate surface area is 286 Å². The predicted molar refractivity (Wildman–Crippen MR) is 183 cm³/mol. The summed E-state index contributed by atoms with van der Waals surface area (Å²) in [5.41, 5.74) is -2.64. The van der Waals surface area contributed by atoms with Gasteiger partial charge in [0.15, 0.2) is 17.4 Å². The summed E-state index contributed by atoms with van der Waals surface area (Å²) in [5.74, 6) is -2.44. The fourth-order valence-electron chi connectivity index (χ4n) is 11.0. The Kier molecular flexibility index (Phi) is 8.12. The summed E-state index contributed by atoms with van der Waals surface area (Å²) in [6, 6.07) is 7.17. The van der Waals surface area contributed by atoms with Crippen LogP contribution in [0.15, 0.2) is 59.5 Å². The van der Waals surface area contributed by atoms with Crippen LogP contribution in [0.1, 0.15) is 87.9 Å². The second kappa shape index (κ2) is 11.6. The number of aliphatic hydroxyl groups excluding tert-OH is 1. The lowest BCUT2D eigenvalue weighted by atomic mass is 9.32. The van der Waals surface area contributed by atoms with Gasteiger partial charge in [0.05, 0.1) is 18.2 Å². The number of hydrogen-bond donors (Lipinski definition) is 3. The van der Waals surface area contributed by atoms with Crippen molar-refractivity contribution in [1.82, 2.24) is 10.2 Å². The zero-order chi connectivity index (χ0) is 34.3. The van der Waals surface area contributed by atoms with E-state index in [-0.39, 0.29) is 47.2 Å². The number of benzene rings is 1. The number of fused-ring (bicyclic) bond motifs is 1. The van der Waals surface area contributed by atoms with Crippen molar-refractivity contribution in [3.63, 3.8) is 0 Å². The number of halogens is 2. The molecule has 3 N–H and O–H groups in total. The average molecular weight is 679 g/mol. The number of amides is 2. The molecule has 3 fully saturated rings. The quantitative estimate of drug-likeness (QED) is 0.200. The molecule has 8 atom stereocenters. The van der Waals surface area contributed by atoms with Gasteiger partial charge in [-0.15, -0.1) is 11.3 Å². The van der Waals surface area contributed by atoms with Crippen LogP contribution in [-0.4, -0.2) is 57.8 Å². The van der Waals surface area contributed by atoms with E-state index < -0.39 is 39.6 Å². The van der Waals surface area contributed by atoms with E-state index in [1.807, 2.05) is 25.3 Å². The number of ketones is 1. The Bertz CT molecular complexity index is 1680. The third-order valence-corrected chi connectivity index (χ3v) is 14.4. The highest BCUT2D eigenvalue weighted by atomic mass is 32.1. The maximum Gasteiger partial charge on any atom is 0.317 e. The lowest BCUT2D eigenvalue weighted by Gasteiger charge is -2.71. The SMILES string of the molecule is CC(C)NC(=O)N(CCc1cccs1)C[C@]1(O)CC[C@H]2[C@]34C=C[C@@]5(C=C3C(=O)c3ccc(F)c(F)c3)CC(O)CC[C@]5(C)[C@H]4CC[C@@]21C.